The lowest BCUT2D eigenvalue weighted by atomic mass is 9.75. The first-order valence-electron chi connectivity index (χ1n) is 14.2. The molecule has 0 aromatic heterocycles. The molecule has 1 atom stereocenters. The van der Waals surface area contributed by atoms with Crippen LogP contribution in [0.25, 0.3) is 0 Å². The van der Waals surface area contributed by atoms with Gasteiger partial charge < -0.3 is 4.74 Å². The van der Waals surface area contributed by atoms with E-state index in [9.17, 15) is 18.8 Å². The van der Waals surface area contributed by atoms with Gasteiger partial charge in [-0.2, -0.15) is 0 Å². The van der Waals surface area contributed by atoms with Crippen molar-refractivity contribution in [1.82, 2.24) is 4.90 Å². The van der Waals surface area contributed by atoms with Crippen LogP contribution in [-0.4, -0.2) is 35.8 Å². The third kappa shape index (κ3) is 4.92. The number of benzene rings is 5. The number of halogens is 1. The van der Waals surface area contributed by atoms with Crippen LogP contribution in [-0.2, 0) is 10.3 Å². The lowest BCUT2D eigenvalue weighted by molar-refractivity contribution is -0.130. The number of imide groups is 1. The van der Waals surface area contributed by atoms with Crippen molar-refractivity contribution in [3.63, 3.8) is 0 Å². The Morgan fingerprint density at radius 1 is 0.705 bits per heavy atom. The zero-order valence-electron chi connectivity index (χ0n) is 24.0. The Morgan fingerprint density at radius 2 is 1.18 bits per heavy atom. The Morgan fingerprint density at radius 3 is 1.64 bits per heavy atom. The molecule has 3 amide bonds. The molecule has 0 saturated carbocycles. The number of nitrogens with zero attached hydrogens (tertiary/aromatic N) is 2. The predicted molar refractivity (Wildman–Crippen MR) is 166 cm³/mol. The summed E-state index contributed by atoms with van der Waals surface area (Å²) in [4.78, 5) is 45.9. The first-order valence-corrected chi connectivity index (χ1v) is 14.2. The molecule has 6 rings (SSSR count). The fourth-order valence-corrected chi connectivity index (χ4v) is 5.97. The van der Waals surface area contributed by atoms with E-state index in [1.165, 1.54) is 34.1 Å². The van der Waals surface area contributed by atoms with E-state index in [-0.39, 0.29) is 17.8 Å². The summed E-state index contributed by atoms with van der Waals surface area (Å²) >= 11 is 0. The number of amides is 3. The van der Waals surface area contributed by atoms with Gasteiger partial charge in [-0.05, 0) is 65.2 Å². The molecule has 5 aromatic rings. The smallest absolute Gasteiger partial charge is 0.333 e. The number of rotatable bonds is 9. The summed E-state index contributed by atoms with van der Waals surface area (Å²) in [6.07, 6.45) is -0.298. The van der Waals surface area contributed by atoms with E-state index in [1.54, 1.807) is 31.4 Å². The van der Waals surface area contributed by atoms with Crippen LogP contribution in [0.1, 0.15) is 33.5 Å². The Balaban J connectivity index is 1.57. The summed E-state index contributed by atoms with van der Waals surface area (Å²) in [5, 5.41) is 0. The molecule has 1 heterocycles. The van der Waals surface area contributed by atoms with E-state index < -0.39 is 29.3 Å². The minimum atomic E-state index is -1.36. The van der Waals surface area contributed by atoms with Crippen molar-refractivity contribution in [2.24, 2.45) is 0 Å². The molecule has 1 unspecified atom stereocenters. The van der Waals surface area contributed by atoms with Crippen LogP contribution in [0.3, 0.4) is 0 Å². The minimum Gasteiger partial charge on any atom is -0.497 e. The molecule has 218 valence electrons. The van der Waals surface area contributed by atoms with Gasteiger partial charge in [0, 0.05) is 17.7 Å². The number of methoxy groups -OCH3 is 1. The molecule has 0 bridgehead atoms. The third-order valence-corrected chi connectivity index (χ3v) is 8.02. The summed E-state index contributed by atoms with van der Waals surface area (Å²) in [6, 6.07) is 38.5. The van der Waals surface area contributed by atoms with E-state index >= 15 is 0 Å². The lowest BCUT2D eigenvalue weighted by Gasteiger charge is -2.42. The van der Waals surface area contributed by atoms with E-state index in [0.29, 0.717) is 28.1 Å². The maximum absolute atomic E-state index is 14.8. The standard InChI is InChI=1S/C37H29FN2O4/c1-44-32-23-21-31(22-24-32)39-33(25-34(41)26-17-19-30(38)20-18-26)35(42)40(36(39)43)37(27-11-5-2-6-12-27,28-13-7-3-8-14-28)29-15-9-4-10-16-29/h2-24,33H,25H2,1H3. The van der Waals surface area contributed by atoms with Crippen LogP contribution in [0.2, 0.25) is 0 Å². The van der Waals surface area contributed by atoms with Crippen LogP contribution < -0.4 is 9.64 Å². The van der Waals surface area contributed by atoms with E-state index in [1.807, 2.05) is 91.0 Å². The number of ether oxygens (including phenoxy) is 1. The van der Waals surface area contributed by atoms with Crippen LogP contribution in [0.15, 0.2) is 140 Å². The molecule has 0 radical (unpaired) electrons. The minimum absolute atomic E-state index is 0.250. The second-order valence-electron chi connectivity index (χ2n) is 10.5. The first kappa shape index (κ1) is 28.6. The molecule has 0 spiro atoms. The third-order valence-electron chi connectivity index (χ3n) is 8.02. The number of hydrogen-bond donors (Lipinski definition) is 0. The quantitative estimate of drug-likeness (QED) is 0.104. The molecule has 0 N–H and O–H groups in total. The second-order valence-corrected chi connectivity index (χ2v) is 10.5. The molecule has 5 aromatic carbocycles. The van der Waals surface area contributed by atoms with E-state index in [2.05, 4.69) is 0 Å². The van der Waals surface area contributed by atoms with Gasteiger partial charge in [-0.3, -0.25) is 14.5 Å². The molecule has 1 saturated heterocycles. The molecule has 0 aliphatic carbocycles. The molecular formula is C37H29FN2O4. The second kappa shape index (κ2) is 12.0. The SMILES string of the molecule is COc1ccc(N2C(=O)N(C(c3ccccc3)(c3ccccc3)c3ccccc3)C(=O)C2CC(=O)c2ccc(F)cc2)cc1. The van der Waals surface area contributed by atoms with Crippen molar-refractivity contribution in [2.45, 2.75) is 18.0 Å². The first-order chi connectivity index (χ1) is 21.4. The van der Waals surface area contributed by atoms with Gasteiger partial charge in [-0.15, -0.1) is 0 Å². The maximum Gasteiger partial charge on any atom is 0.333 e. The van der Waals surface area contributed by atoms with Crippen LogP contribution >= 0.6 is 0 Å². The highest BCUT2D eigenvalue weighted by atomic mass is 19.1. The highest BCUT2D eigenvalue weighted by molar-refractivity contribution is 6.17. The van der Waals surface area contributed by atoms with E-state index in [0.717, 1.165) is 0 Å². The van der Waals surface area contributed by atoms with Crippen LogP contribution in [0, 0.1) is 5.82 Å². The molecule has 6 nitrogen and oxygen atoms in total. The summed E-state index contributed by atoms with van der Waals surface area (Å²) in [7, 11) is 1.54. The lowest BCUT2D eigenvalue weighted by Crippen LogP contribution is -2.52. The van der Waals surface area contributed by atoms with Crippen LogP contribution in [0.4, 0.5) is 14.9 Å². The van der Waals surface area contributed by atoms with Crippen molar-refractivity contribution < 1.29 is 23.5 Å². The topological polar surface area (TPSA) is 66.9 Å². The highest BCUT2D eigenvalue weighted by Gasteiger charge is 2.57. The fourth-order valence-electron chi connectivity index (χ4n) is 5.97. The van der Waals surface area contributed by atoms with Gasteiger partial charge >= 0.3 is 6.03 Å². The number of ketones is 1. The Hall–Kier alpha value is -5.56. The van der Waals surface area contributed by atoms with Gasteiger partial charge in [0.05, 0.1) is 7.11 Å². The van der Waals surface area contributed by atoms with Crippen molar-refractivity contribution in [2.75, 3.05) is 12.0 Å². The number of Topliss-reactive ketones (excluding diaryl/α,β-unsaturated/α-hetero) is 1. The van der Waals surface area contributed by atoms with Gasteiger partial charge in [-0.1, -0.05) is 91.0 Å². The molecule has 44 heavy (non-hydrogen) atoms. The van der Waals surface area contributed by atoms with Crippen molar-refractivity contribution >= 4 is 23.4 Å². The molecule has 1 aliphatic heterocycles. The van der Waals surface area contributed by atoms with Gasteiger partial charge in [-0.25, -0.2) is 14.1 Å². The fraction of sp³-hybridized carbons (Fsp3) is 0.108. The normalized spacial score (nSPS) is 15.0. The zero-order valence-corrected chi connectivity index (χ0v) is 24.0. The number of carbonyl (C=O) groups excluding carboxylic acids is 3. The summed E-state index contributed by atoms with van der Waals surface area (Å²) in [5.41, 5.74) is 1.45. The Kier molecular flexibility index (Phi) is 7.77. The average Bonchev–Trinajstić information content (AvgIpc) is 3.32. The van der Waals surface area contributed by atoms with Crippen LogP contribution in [0.5, 0.6) is 5.75 Å². The largest absolute Gasteiger partial charge is 0.497 e. The van der Waals surface area contributed by atoms with Crippen molar-refractivity contribution in [3.8, 4) is 5.75 Å². The Bertz CT molecular complexity index is 1680. The van der Waals surface area contributed by atoms with E-state index in [4.69, 9.17) is 4.74 Å². The number of anilines is 1. The van der Waals surface area contributed by atoms with Gasteiger partial charge in [0.1, 0.15) is 23.1 Å². The van der Waals surface area contributed by atoms with Crippen molar-refractivity contribution in [1.29, 1.82) is 0 Å². The number of carbonyl (C=O) groups is 3. The summed E-state index contributed by atoms with van der Waals surface area (Å²) in [5.74, 6) is -0.813. The van der Waals surface area contributed by atoms with Gasteiger partial charge in [0.25, 0.3) is 5.91 Å². The average molecular weight is 585 g/mol. The van der Waals surface area contributed by atoms with Gasteiger partial charge in [0.2, 0.25) is 0 Å². The summed E-state index contributed by atoms with van der Waals surface area (Å²) < 4.78 is 19.0. The van der Waals surface area contributed by atoms with Gasteiger partial charge in [0.15, 0.2) is 5.78 Å². The molecular weight excluding hydrogens is 555 g/mol. The monoisotopic (exact) mass is 584 g/mol. The zero-order chi connectivity index (χ0) is 30.7. The number of hydrogen-bond acceptors (Lipinski definition) is 4. The maximum atomic E-state index is 14.8. The molecule has 1 aliphatic rings. The van der Waals surface area contributed by atoms with Crippen molar-refractivity contribution in [3.05, 3.63) is 168 Å². The predicted octanol–water partition coefficient (Wildman–Crippen LogP) is 7.24. The Labute approximate surface area is 254 Å². The number of urea groups is 1. The highest BCUT2D eigenvalue weighted by Crippen LogP contribution is 2.46. The summed E-state index contributed by atoms with van der Waals surface area (Å²) in [6.45, 7) is 0. The molecule has 1 fully saturated rings. The molecule has 7 heteroatoms.